The molecule has 0 fully saturated rings. The van der Waals surface area contributed by atoms with E-state index in [-0.39, 0.29) is 0 Å². The lowest BCUT2D eigenvalue weighted by molar-refractivity contribution is 1.44. The fraction of sp³-hybridized carbons (Fsp3) is 0.273. The molecule has 0 saturated heterocycles. The first-order valence-electron chi connectivity index (χ1n) is 4.51. The van der Waals surface area contributed by atoms with E-state index in [9.17, 15) is 0 Å². The van der Waals surface area contributed by atoms with Gasteiger partial charge in [-0.05, 0) is 43.8 Å². The van der Waals surface area contributed by atoms with Crippen molar-refractivity contribution in [3.8, 4) is 9.75 Å². The van der Waals surface area contributed by atoms with Crippen molar-refractivity contribution in [3.05, 3.63) is 27.5 Å². The molecule has 14 heavy (non-hydrogen) atoms. The van der Waals surface area contributed by atoms with Crippen LogP contribution in [0.25, 0.3) is 9.75 Å². The molecule has 2 aromatic heterocycles. The average Bonchev–Trinajstić information content (AvgIpc) is 2.57. The number of hydrogen-bond acceptors (Lipinski definition) is 2. The Bertz CT molecular complexity index is 446. The second-order valence-corrected chi connectivity index (χ2v) is 6.63. The predicted molar refractivity (Wildman–Crippen MR) is 71.2 cm³/mol. The molecule has 0 aromatic carbocycles. The largest absolute Gasteiger partial charge is 0.139 e. The van der Waals surface area contributed by atoms with Crippen LogP contribution in [0.3, 0.4) is 0 Å². The van der Waals surface area contributed by atoms with Gasteiger partial charge in [-0.25, -0.2) is 0 Å². The minimum absolute atomic E-state index is 1.33. The summed E-state index contributed by atoms with van der Waals surface area (Å²) in [5.41, 5.74) is 1.40. The molecular weight excluding hydrogens is 227 g/mol. The van der Waals surface area contributed by atoms with Crippen molar-refractivity contribution in [3.63, 3.8) is 0 Å². The van der Waals surface area contributed by atoms with Gasteiger partial charge >= 0.3 is 0 Å². The standard InChI is InChI=1S/C11H13PS2/c1-6-4-10(14-8(6)3)11-9(12)5-7(2)13-11/h4-5H,12H2,1-3H3. The summed E-state index contributed by atoms with van der Waals surface area (Å²) >= 11 is 3.77. The first-order chi connectivity index (χ1) is 6.58. The van der Waals surface area contributed by atoms with Crippen molar-refractivity contribution in [1.82, 2.24) is 0 Å². The van der Waals surface area contributed by atoms with Crippen LogP contribution in [-0.4, -0.2) is 0 Å². The smallest absolute Gasteiger partial charge is 0.0517 e. The van der Waals surface area contributed by atoms with E-state index in [1.807, 2.05) is 22.7 Å². The fourth-order valence-electron chi connectivity index (χ4n) is 1.41. The van der Waals surface area contributed by atoms with Crippen molar-refractivity contribution in [1.29, 1.82) is 0 Å². The lowest BCUT2D eigenvalue weighted by atomic mass is 10.2. The van der Waals surface area contributed by atoms with Crippen molar-refractivity contribution in [2.24, 2.45) is 0 Å². The van der Waals surface area contributed by atoms with Gasteiger partial charge in [-0.1, -0.05) is 0 Å². The Hall–Kier alpha value is -0.170. The van der Waals surface area contributed by atoms with Gasteiger partial charge in [0.25, 0.3) is 0 Å². The highest BCUT2D eigenvalue weighted by Gasteiger charge is 2.09. The molecule has 1 atom stereocenters. The maximum absolute atomic E-state index is 2.82. The third-order valence-corrected chi connectivity index (χ3v) is 5.34. The van der Waals surface area contributed by atoms with Crippen molar-refractivity contribution < 1.29 is 0 Å². The summed E-state index contributed by atoms with van der Waals surface area (Å²) in [7, 11) is 2.82. The van der Waals surface area contributed by atoms with E-state index in [1.54, 1.807) is 0 Å². The molecule has 0 saturated carbocycles. The molecular formula is C11H13PS2. The van der Waals surface area contributed by atoms with Gasteiger partial charge in [0, 0.05) is 14.6 Å². The highest BCUT2D eigenvalue weighted by Crippen LogP contribution is 2.34. The molecule has 0 aliphatic heterocycles. The quantitative estimate of drug-likeness (QED) is 0.663. The summed E-state index contributed by atoms with van der Waals surface area (Å²) in [6.45, 7) is 6.53. The van der Waals surface area contributed by atoms with Crippen LogP contribution in [0.2, 0.25) is 0 Å². The van der Waals surface area contributed by atoms with Gasteiger partial charge in [0.2, 0.25) is 0 Å². The van der Waals surface area contributed by atoms with Crippen LogP contribution in [0.5, 0.6) is 0 Å². The fourth-order valence-corrected chi connectivity index (χ4v) is 4.31. The third kappa shape index (κ3) is 1.79. The Morgan fingerprint density at radius 1 is 1.07 bits per heavy atom. The summed E-state index contributed by atoms with van der Waals surface area (Å²) in [6, 6.07) is 4.52. The molecule has 2 aromatic rings. The zero-order chi connectivity index (χ0) is 10.3. The Morgan fingerprint density at radius 2 is 1.79 bits per heavy atom. The van der Waals surface area contributed by atoms with Crippen LogP contribution in [0, 0.1) is 20.8 Å². The topological polar surface area (TPSA) is 0 Å². The summed E-state index contributed by atoms with van der Waals surface area (Å²) in [4.78, 5) is 5.63. The van der Waals surface area contributed by atoms with Crippen molar-refractivity contribution in [2.45, 2.75) is 20.8 Å². The SMILES string of the molecule is Cc1cc(P)c(-c2cc(C)c(C)s2)s1. The van der Waals surface area contributed by atoms with Gasteiger partial charge < -0.3 is 0 Å². The van der Waals surface area contributed by atoms with E-state index in [0.29, 0.717) is 0 Å². The van der Waals surface area contributed by atoms with Gasteiger partial charge in [0.05, 0.1) is 4.88 Å². The van der Waals surface area contributed by atoms with Crippen molar-refractivity contribution >= 4 is 37.2 Å². The highest BCUT2D eigenvalue weighted by atomic mass is 32.1. The van der Waals surface area contributed by atoms with E-state index >= 15 is 0 Å². The summed E-state index contributed by atoms with van der Waals surface area (Å²) in [5, 5.41) is 1.33. The molecule has 0 radical (unpaired) electrons. The number of rotatable bonds is 1. The lowest BCUT2D eigenvalue weighted by Crippen LogP contribution is -1.85. The minimum Gasteiger partial charge on any atom is -0.139 e. The third-order valence-electron chi connectivity index (χ3n) is 2.27. The van der Waals surface area contributed by atoms with Crippen molar-refractivity contribution in [2.75, 3.05) is 0 Å². The summed E-state index contributed by atoms with van der Waals surface area (Å²) < 4.78 is 0. The minimum atomic E-state index is 1.33. The molecule has 2 heterocycles. The van der Waals surface area contributed by atoms with E-state index in [2.05, 4.69) is 42.1 Å². The molecule has 0 amide bonds. The Kier molecular flexibility index (Phi) is 2.79. The molecule has 1 unspecified atom stereocenters. The van der Waals surface area contributed by atoms with E-state index in [4.69, 9.17) is 0 Å². The first kappa shape index (κ1) is 10.4. The molecule has 2 rings (SSSR count). The van der Waals surface area contributed by atoms with Gasteiger partial charge in [0.1, 0.15) is 0 Å². The predicted octanol–water partition coefficient (Wildman–Crippen LogP) is 3.90. The van der Waals surface area contributed by atoms with Gasteiger partial charge in [-0.2, -0.15) is 0 Å². The van der Waals surface area contributed by atoms with Crippen LogP contribution in [0.15, 0.2) is 12.1 Å². The number of aryl methyl sites for hydroxylation is 3. The van der Waals surface area contributed by atoms with E-state index in [0.717, 1.165) is 0 Å². The van der Waals surface area contributed by atoms with Gasteiger partial charge in [0.15, 0.2) is 0 Å². The van der Waals surface area contributed by atoms with E-state index < -0.39 is 0 Å². The maximum Gasteiger partial charge on any atom is 0.0517 e. The van der Waals surface area contributed by atoms with Crippen LogP contribution >= 0.6 is 31.9 Å². The Balaban J connectivity index is 2.54. The summed E-state index contributed by atoms with van der Waals surface area (Å²) in [5.74, 6) is 0. The second-order valence-electron chi connectivity index (χ2n) is 3.49. The maximum atomic E-state index is 2.82. The Labute approximate surface area is 95.2 Å². The zero-order valence-corrected chi connectivity index (χ0v) is 11.3. The molecule has 0 spiro atoms. The number of hydrogen-bond donors (Lipinski definition) is 0. The zero-order valence-electron chi connectivity index (χ0n) is 8.55. The van der Waals surface area contributed by atoms with Crippen LogP contribution in [-0.2, 0) is 0 Å². The van der Waals surface area contributed by atoms with Crippen LogP contribution < -0.4 is 5.30 Å². The molecule has 74 valence electrons. The first-order valence-corrected chi connectivity index (χ1v) is 6.72. The van der Waals surface area contributed by atoms with Crippen LogP contribution in [0.4, 0.5) is 0 Å². The van der Waals surface area contributed by atoms with E-state index in [1.165, 1.54) is 30.4 Å². The molecule has 0 aliphatic carbocycles. The lowest BCUT2D eigenvalue weighted by Gasteiger charge is -1.92. The molecule has 0 N–H and O–H groups in total. The molecule has 0 nitrogen and oxygen atoms in total. The second kappa shape index (κ2) is 3.77. The average molecular weight is 240 g/mol. The summed E-state index contributed by atoms with van der Waals surface area (Å²) in [6.07, 6.45) is 0. The number of thiophene rings is 2. The van der Waals surface area contributed by atoms with Crippen LogP contribution in [0.1, 0.15) is 15.3 Å². The molecule has 0 aliphatic rings. The Morgan fingerprint density at radius 3 is 2.21 bits per heavy atom. The molecule has 3 heteroatoms. The highest BCUT2D eigenvalue weighted by molar-refractivity contribution is 7.33. The van der Waals surface area contributed by atoms with Gasteiger partial charge in [-0.15, -0.1) is 31.9 Å². The molecule has 0 bridgehead atoms. The van der Waals surface area contributed by atoms with Gasteiger partial charge in [-0.3, -0.25) is 0 Å². The normalized spacial score (nSPS) is 10.9. The monoisotopic (exact) mass is 240 g/mol.